The summed E-state index contributed by atoms with van der Waals surface area (Å²) in [4.78, 5) is 103. The van der Waals surface area contributed by atoms with Gasteiger partial charge in [0.05, 0.1) is 85.4 Å². The Morgan fingerprint density at radius 3 is 1.18 bits per heavy atom. The minimum Gasteiger partial charge on any atom is -0.394 e. The summed E-state index contributed by atoms with van der Waals surface area (Å²) >= 11 is 4.01. The van der Waals surface area contributed by atoms with Crippen LogP contribution in [0.4, 0.5) is 0 Å². The number of thiol groups is 1. The van der Waals surface area contributed by atoms with Gasteiger partial charge in [-0.15, -0.1) is 0 Å². The standard InChI is InChI=1S/C54H95N8O28PS/c1-28(66)58-40-46(74)43(71)35(25-63)87-52(40)84-22-19-81-16-13-55-38(69)11-9-33(50(78)56-14-17-82-20-23-85-53-41(59-29(2)67)47(75)44(72)36(26-64)88-53)61-39(70)12-10-34(62-49(77)31-5-7-32(8-6-31)90-91(4,80)92)51(79)57-15-18-83-21-24-86-54-42(60-30(3)68)48(76)45(73)37(27-65)89-54/h31-37,40-48,52-54,63-65,71-76H,5-27H2,1-4H3,(H,55,69)(H,56,78)(H,57,79)(H,58,66)(H,59,67)(H,60,68)(H,61,70)(H,62,77)(H,80,92). The molecule has 17 N–H and O–H groups in total. The van der Waals surface area contributed by atoms with Crippen LogP contribution in [-0.4, -0.2) is 309 Å². The number of carbonyl (C=O) groups is 8. The molecule has 1 saturated carbocycles. The molecule has 0 aromatic carbocycles. The van der Waals surface area contributed by atoms with E-state index in [1.165, 1.54) is 27.4 Å². The second-order valence-electron chi connectivity index (χ2n) is 22.3. The molecule has 8 amide bonds. The monoisotopic (exact) mass is 1370 g/mol. The lowest BCUT2D eigenvalue weighted by atomic mass is 9.86. The molecule has 0 radical (unpaired) electrons. The highest BCUT2D eigenvalue weighted by Crippen LogP contribution is 2.50. The van der Waals surface area contributed by atoms with Crippen LogP contribution >= 0.6 is 18.8 Å². The molecule has 0 spiro atoms. The predicted octanol–water partition coefficient (Wildman–Crippen LogP) is -7.88. The van der Waals surface area contributed by atoms with E-state index in [1.54, 1.807) is 0 Å². The molecule has 1 aliphatic carbocycles. The summed E-state index contributed by atoms with van der Waals surface area (Å²) in [5, 5.41) is 112. The third kappa shape index (κ3) is 27.7. The lowest BCUT2D eigenvalue weighted by Crippen LogP contribution is -2.64. The number of hydrogen-bond acceptors (Lipinski definition) is 28. The molecule has 0 aromatic heterocycles. The molecular weight excluding hydrogens is 1270 g/mol. The first-order valence-electron chi connectivity index (χ1n) is 30.3. The molecule has 3 saturated heterocycles. The number of aliphatic hydroxyl groups is 9. The topological polar surface area (TPSA) is 524 Å². The molecule has 0 aromatic rings. The highest BCUT2D eigenvalue weighted by Gasteiger charge is 2.48. The van der Waals surface area contributed by atoms with Gasteiger partial charge in [-0.05, 0) is 38.5 Å². The highest BCUT2D eigenvalue weighted by molar-refractivity contribution is 8.46. The number of nitrogens with one attached hydrogen (secondary N) is 8. The molecule has 4 rings (SSSR count). The Hall–Kier alpha value is -4.42. The Kier molecular flexibility index (Phi) is 36.1. The van der Waals surface area contributed by atoms with E-state index in [0.29, 0.717) is 25.7 Å². The summed E-state index contributed by atoms with van der Waals surface area (Å²) in [5.41, 5.74) is 0. The minimum atomic E-state index is -3.12. The van der Waals surface area contributed by atoms with Crippen LogP contribution in [-0.2, 0) is 90.1 Å². The van der Waals surface area contributed by atoms with Gasteiger partial charge in [-0.25, -0.2) is 0 Å². The first-order chi connectivity index (χ1) is 43.7. The molecule has 4 fully saturated rings. The Balaban J connectivity index is 1.35. The van der Waals surface area contributed by atoms with E-state index in [4.69, 9.17) is 47.2 Å². The van der Waals surface area contributed by atoms with Crippen molar-refractivity contribution in [1.82, 2.24) is 42.5 Å². The number of ether oxygens (including phenoxy) is 9. The zero-order valence-corrected chi connectivity index (χ0v) is 53.7. The summed E-state index contributed by atoms with van der Waals surface area (Å²) in [6.07, 6.45) is -16.9. The maximum atomic E-state index is 13.8. The van der Waals surface area contributed by atoms with E-state index in [1.807, 2.05) is 0 Å². The van der Waals surface area contributed by atoms with Crippen molar-refractivity contribution in [3.8, 4) is 0 Å². The highest BCUT2D eigenvalue weighted by atomic mass is 32.7. The van der Waals surface area contributed by atoms with Crippen LogP contribution in [0.3, 0.4) is 0 Å². The van der Waals surface area contributed by atoms with Crippen LogP contribution in [0.15, 0.2) is 0 Å². The van der Waals surface area contributed by atoms with E-state index in [0.717, 1.165) is 0 Å². The molecule has 92 heavy (non-hydrogen) atoms. The van der Waals surface area contributed by atoms with Gasteiger partial charge in [0.1, 0.15) is 85.1 Å². The SMILES string of the molecule is CC(=O)NC1C(OCCOCCNC(=O)CCC(NC(=O)CCC(NC(=O)C2CCC(OP(C)(=O)S)CC2)C(=O)NCCOCCOC2OC(CO)C(O)C(O)C2NC(C)=O)C(=O)NCCOCCOC2OC(CO)C(O)C(O)C2NC(C)=O)OC(CO)C(O)C1O. The average molecular weight is 1370 g/mol. The van der Waals surface area contributed by atoms with Gasteiger partial charge in [-0.3, -0.25) is 42.9 Å². The van der Waals surface area contributed by atoms with Crippen molar-refractivity contribution in [1.29, 1.82) is 0 Å². The Labute approximate surface area is 536 Å². The molecule has 38 heteroatoms. The van der Waals surface area contributed by atoms with Crippen molar-refractivity contribution in [3.63, 3.8) is 0 Å². The maximum absolute atomic E-state index is 13.8. The fraction of sp³-hybridized carbons (Fsp3) is 0.852. The van der Waals surface area contributed by atoms with E-state index in [2.05, 4.69) is 54.8 Å². The fourth-order valence-corrected chi connectivity index (χ4v) is 11.4. The van der Waals surface area contributed by atoms with Crippen molar-refractivity contribution in [2.45, 2.75) is 182 Å². The largest absolute Gasteiger partial charge is 0.394 e. The summed E-state index contributed by atoms with van der Waals surface area (Å²) in [7, 11) is 0. The predicted molar refractivity (Wildman–Crippen MR) is 317 cm³/mol. The summed E-state index contributed by atoms with van der Waals surface area (Å²) in [6, 6.07) is -6.20. The van der Waals surface area contributed by atoms with Crippen LogP contribution in [0.5, 0.6) is 0 Å². The van der Waals surface area contributed by atoms with Crippen LogP contribution in [0.25, 0.3) is 0 Å². The van der Waals surface area contributed by atoms with Gasteiger partial charge >= 0.3 is 0 Å². The Morgan fingerprint density at radius 2 is 0.837 bits per heavy atom. The molecule has 0 bridgehead atoms. The summed E-state index contributed by atoms with van der Waals surface area (Å²) in [6.45, 7) is -1.40. The third-order valence-corrected chi connectivity index (χ3v) is 15.9. The van der Waals surface area contributed by atoms with Crippen molar-refractivity contribution < 1.29 is 136 Å². The first-order valence-corrected chi connectivity index (χ1v) is 33.6. The van der Waals surface area contributed by atoms with E-state index >= 15 is 0 Å². The van der Waals surface area contributed by atoms with E-state index in [-0.39, 0.29) is 98.4 Å². The molecule has 18 atom stereocenters. The first kappa shape index (κ1) is 80.0. The van der Waals surface area contributed by atoms with E-state index < -0.39 is 196 Å². The Morgan fingerprint density at radius 1 is 0.489 bits per heavy atom. The maximum Gasteiger partial charge on any atom is 0.252 e. The average Bonchev–Trinajstić information content (AvgIpc) is 0.846. The normalized spacial score (nSPS) is 30.3. The van der Waals surface area contributed by atoms with Crippen molar-refractivity contribution >= 4 is 66.1 Å². The second-order valence-corrected chi connectivity index (χ2v) is 26.3. The number of hydrogen-bond donors (Lipinski definition) is 18. The van der Waals surface area contributed by atoms with Gasteiger partial charge < -0.3 is 136 Å². The molecule has 36 nitrogen and oxygen atoms in total. The lowest BCUT2D eigenvalue weighted by Gasteiger charge is -2.42. The van der Waals surface area contributed by atoms with Crippen molar-refractivity contribution in [2.24, 2.45) is 5.92 Å². The zero-order chi connectivity index (χ0) is 68.1. The zero-order valence-electron chi connectivity index (χ0n) is 51.9. The van der Waals surface area contributed by atoms with Crippen LogP contribution in [0, 0.1) is 5.92 Å². The van der Waals surface area contributed by atoms with Gasteiger partial charge in [0.15, 0.2) is 18.9 Å². The molecule has 4 aliphatic rings. The minimum absolute atomic E-state index is 0.0240. The van der Waals surface area contributed by atoms with Crippen LogP contribution < -0.4 is 42.5 Å². The number of carbonyl (C=O) groups excluding carboxylic acids is 8. The van der Waals surface area contributed by atoms with Gasteiger partial charge in [0.25, 0.3) is 6.57 Å². The van der Waals surface area contributed by atoms with Crippen LogP contribution in [0.1, 0.15) is 72.1 Å². The third-order valence-electron chi connectivity index (χ3n) is 14.9. The fourth-order valence-electron chi connectivity index (χ4n) is 10.3. The van der Waals surface area contributed by atoms with Crippen LogP contribution in [0.2, 0.25) is 0 Å². The molecule has 3 heterocycles. The quantitative estimate of drug-likeness (QED) is 0.0154. The molecule has 530 valence electrons. The number of rotatable bonds is 40. The number of amides is 8. The Bertz CT molecular complexity index is 2350. The van der Waals surface area contributed by atoms with Gasteiger partial charge in [0.2, 0.25) is 47.3 Å². The summed E-state index contributed by atoms with van der Waals surface area (Å²) in [5.74, 6) is -5.48. The lowest BCUT2D eigenvalue weighted by molar-refractivity contribution is -0.272. The van der Waals surface area contributed by atoms with Gasteiger partial charge in [0, 0.05) is 65.8 Å². The number of aliphatic hydroxyl groups excluding tert-OH is 9. The smallest absolute Gasteiger partial charge is 0.252 e. The second kappa shape index (κ2) is 41.5. The van der Waals surface area contributed by atoms with Gasteiger partial charge in [-0.2, -0.15) is 0 Å². The van der Waals surface area contributed by atoms with Gasteiger partial charge in [-0.1, -0.05) is 12.2 Å². The van der Waals surface area contributed by atoms with Crippen molar-refractivity contribution in [3.05, 3.63) is 0 Å². The summed E-state index contributed by atoms with van der Waals surface area (Å²) < 4.78 is 67.9. The molecular formula is C54H95N8O28PS. The molecule has 3 aliphatic heterocycles. The van der Waals surface area contributed by atoms with E-state index in [9.17, 15) is 88.9 Å². The molecule has 18 unspecified atom stereocenters. The van der Waals surface area contributed by atoms with Crippen molar-refractivity contribution in [2.75, 3.05) is 106 Å².